The van der Waals surface area contributed by atoms with Crippen LogP contribution in [0.3, 0.4) is 0 Å². The van der Waals surface area contributed by atoms with E-state index in [1.807, 2.05) is 43.3 Å². The second-order valence-corrected chi connectivity index (χ2v) is 6.43. The normalized spacial score (nSPS) is 10.2. The first-order valence-electron chi connectivity index (χ1n) is 7.65. The number of hydrogen-bond donors (Lipinski definition) is 1. The first-order chi connectivity index (χ1) is 11.6. The fourth-order valence-corrected chi connectivity index (χ4v) is 2.93. The number of amides is 1. The Kier molecular flexibility index (Phi) is 6.88. The van der Waals surface area contributed by atoms with Crippen LogP contribution in [0.2, 0.25) is 0 Å². The lowest BCUT2D eigenvalue weighted by Crippen LogP contribution is -2.24. The number of esters is 1. The van der Waals surface area contributed by atoms with Gasteiger partial charge < -0.3 is 10.1 Å². The summed E-state index contributed by atoms with van der Waals surface area (Å²) in [6.45, 7) is 2.58. The van der Waals surface area contributed by atoms with E-state index < -0.39 is 0 Å². The molecule has 0 aliphatic heterocycles. The number of hydrogen-bond acceptors (Lipinski definition) is 4. The van der Waals surface area contributed by atoms with Crippen LogP contribution in [0.4, 0.5) is 0 Å². The van der Waals surface area contributed by atoms with Gasteiger partial charge in [-0.3, -0.25) is 4.79 Å². The molecule has 126 valence electrons. The number of aryl methyl sites for hydroxylation is 1. The van der Waals surface area contributed by atoms with Crippen LogP contribution in [-0.2, 0) is 21.8 Å². The molecule has 2 aromatic carbocycles. The molecule has 4 nitrogen and oxygen atoms in total. The van der Waals surface area contributed by atoms with Crippen LogP contribution < -0.4 is 5.32 Å². The van der Waals surface area contributed by atoms with Crippen molar-refractivity contribution in [3.05, 3.63) is 70.8 Å². The Hall–Kier alpha value is -2.27. The van der Waals surface area contributed by atoms with E-state index >= 15 is 0 Å². The third kappa shape index (κ3) is 5.74. The fourth-order valence-electron chi connectivity index (χ4n) is 2.13. The van der Waals surface area contributed by atoms with Crippen LogP contribution in [0.15, 0.2) is 48.5 Å². The van der Waals surface area contributed by atoms with Gasteiger partial charge in [0, 0.05) is 12.3 Å². The number of carbonyl (C=O) groups excluding carboxylic acids is 2. The fraction of sp³-hybridized carbons (Fsp3) is 0.263. The van der Waals surface area contributed by atoms with Crippen molar-refractivity contribution in [2.45, 2.75) is 19.2 Å². The Morgan fingerprint density at radius 3 is 2.54 bits per heavy atom. The highest BCUT2D eigenvalue weighted by atomic mass is 32.2. The Balaban J connectivity index is 1.74. The van der Waals surface area contributed by atoms with Gasteiger partial charge in [-0.15, -0.1) is 11.8 Å². The third-order valence-electron chi connectivity index (χ3n) is 3.46. The molecule has 0 radical (unpaired) electrons. The van der Waals surface area contributed by atoms with E-state index in [1.54, 1.807) is 12.1 Å². The zero-order valence-corrected chi connectivity index (χ0v) is 14.7. The lowest BCUT2D eigenvalue weighted by atomic mass is 10.1. The molecule has 5 heteroatoms. The minimum atomic E-state index is -0.349. The smallest absolute Gasteiger partial charge is 0.337 e. The molecule has 0 aromatic heterocycles. The summed E-state index contributed by atoms with van der Waals surface area (Å²) in [6, 6.07) is 15.4. The molecule has 0 unspecified atom stereocenters. The number of ether oxygens (including phenoxy) is 1. The standard InChI is InChI=1S/C19H21NO3S/c1-14-6-8-15(9-7-14)11-20-18(21)13-24-12-16-4-3-5-17(10-16)19(22)23-2/h3-10H,11-13H2,1-2H3,(H,20,21). The lowest BCUT2D eigenvalue weighted by Gasteiger charge is -2.07. The van der Waals surface area contributed by atoms with E-state index in [2.05, 4.69) is 5.32 Å². The van der Waals surface area contributed by atoms with Crippen LogP contribution in [0.1, 0.15) is 27.0 Å². The van der Waals surface area contributed by atoms with Crippen LogP contribution in [0.25, 0.3) is 0 Å². The van der Waals surface area contributed by atoms with Crippen LogP contribution in [0.5, 0.6) is 0 Å². The average molecular weight is 343 g/mol. The monoisotopic (exact) mass is 343 g/mol. The molecule has 0 bridgehead atoms. The maximum atomic E-state index is 11.9. The minimum Gasteiger partial charge on any atom is -0.465 e. The number of thioether (sulfide) groups is 1. The summed E-state index contributed by atoms with van der Waals surface area (Å²) in [6.07, 6.45) is 0. The van der Waals surface area contributed by atoms with Gasteiger partial charge in [0.25, 0.3) is 0 Å². The molecule has 0 heterocycles. The van der Waals surface area contributed by atoms with Crippen molar-refractivity contribution in [1.29, 1.82) is 0 Å². The number of methoxy groups -OCH3 is 1. The molecular weight excluding hydrogens is 322 g/mol. The summed E-state index contributed by atoms with van der Waals surface area (Å²) in [5, 5.41) is 2.91. The maximum Gasteiger partial charge on any atom is 0.337 e. The summed E-state index contributed by atoms with van der Waals surface area (Å²) in [4.78, 5) is 23.4. The molecular formula is C19H21NO3S. The summed E-state index contributed by atoms with van der Waals surface area (Å²) in [5.41, 5.74) is 3.81. The number of carbonyl (C=O) groups is 2. The zero-order valence-electron chi connectivity index (χ0n) is 13.9. The van der Waals surface area contributed by atoms with E-state index in [0.29, 0.717) is 23.6 Å². The summed E-state index contributed by atoms with van der Waals surface area (Å²) < 4.78 is 4.71. The highest BCUT2D eigenvalue weighted by Crippen LogP contribution is 2.14. The molecule has 2 aromatic rings. The first kappa shape index (κ1) is 18.1. The van der Waals surface area contributed by atoms with Crippen molar-refractivity contribution in [3.8, 4) is 0 Å². The van der Waals surface area contributed by atoms with Gasteiger partial charge in [0.05, 0.1) is 18.4 Å². The maximum absolute atomic E-state index is 11.9. The molecule has 0 fully saturated rings. The molecule has 0 spiro atoms. The first-order valence-corrected chi connectivity index (χ1v) is 8.81. The molecule has 0 aliphatic carbocycles. The molecule has 0 aliphatic rings. The molecule has 1 N–H and O–H groups in total. The third-order valence-corrected chi connectivity index (χ3v) is 4.46. The lowest BCUT2D eigenvalue weighted by molar-refractivity contribution is -0.118. The Bertz CT molecular complexity index is 698. The zero-order chi connectivity index (χ0) is 17.4. The van der Waals surface area contributed by atoms with Gasteiger partial charge in [-0.2, -0.15) is 0 Å². The highest BCUT2D eigenvalue weighted by molar-refractivity contribution is 7.99. The van der Waals surface area contributed by atoms with Crippen molar-refractivity contribution in [3.63, 3.8) is 0 Å². The van der Waals surface area contributed by atoms with Crippen molar-refractivity contribution in [2.75, 3.05) is 12.9 Å². The summed E-state index contributed by atoms with van der Waals surface area (Å²) >= 11 is 1.52. The van der Waals surface area contributed by atoms with Crippen LogP contribution >= 0.6 is 11.8 Å². The largest absolute Gasteiger partial charge is 0.465 e. The predicted molar refractivity (Wildman–Crippen MR) is 97.0 cm³/mol. The van der Waals surface area contributed by atoms with Crippen LogP contribution in [-0.4, -0.2) is 24.7 Å². The highest BCUT2D eigenvalue weighted by Gasteiger charge is 2.07. The van der Waals surface area contributed by atoms with Gasteiger partial charge in [-0.25, -0.2) is 4.79 Å². The molecule has 0 atom stereocenters. The van der Waals surface area contributed by atoms with Gasteiger partial charge >= 0.3 is 5.97 Å². The molecule has 24 heavy (non-hydrogen) atoms. The van der Waals surface area contributed by atoms with Gasteiger partial charge in [-0.1, -0.05) is 42.0 Å². The Morgan fingerprint density at radius 2 is 1.83 bits per heavy atom. The minimum absolute atomic E-state index is 0.00435. The van der Waals surface area contributed by atoms with Crippen molar-refractivity contribution in [2.24, 2.45) is 0 Å². The van der Waals surface area contributed by atoms with Gasteiger partial charge in [0.1, 0.15) is 0 Å². The van der Waals surface area contributed by atoms with E-state index in [-0.39, 0.29) is 11.9 Å². The molecule has 0 saturated carbocycles. The number of rotatable bonds is 7. The summed E-state index contributed by atoms with van der Waals surface area (Å²) in [5.74, 6) is 0.708. The Labute approximate surface area is 146 Å². The van der Waals surface area contributed by atoms with Crippen LogP contribution in [0, 0.1) is 6.92 Å². The van der Waals surface area contributed by atoms with Crippen molar-refractivity contribution >= 4 is 23.6 Å². The SMILES string of the molecule is COC(=O)c1cccc(CSCC(=O)NCc2ccc(C)cc2)c1. The van der Waals surface area contributed by atoms with Gasteiger partial charge in [-0.05, 0) is 30.2 Å². The van der Waals surface area contributed by atoms with E-state index in [1.165, 1.54) is 24.4 Å². The quantitative estimate of drug-likeness (QED) is 0.784. The molecule has 0 saturated heterocycles. The van der Waals surface area contributed by atoms with Crippen molar-refractivity contribution in [1.82, 2.24) is 5.32 Å². The predicted octanol–water partition coefficient (Wildman–Crippen LogP) is 3.33. The summed E-state index contributed by atoms with van der Waals surface area (Å²) in [7, 11) is 1.36. The van der Waals surface area contributed by atoms with E-state index in [0.717, 1.165) is 11.1 Å². The topological polar surface area (TPSA) is 55.4 Å². The van der Waals surface area contributed by atoms with Gasteiger partial charge in [0.15, 0.2) is 0 Å². The number of benzene rings is 2. The van der Waals surface area contributed by atoms with E-state index in [9.17, 15) is 9.59 Å². The Morgan fingerprint density at radius 1 is 1.08 bits per heavy atom. The average Bonchev–Trinajstić information content (AvgIpc) is 2.61. The molecule has 1 amide bonds. The second-order valence-electron chi connectivity index (χ2n) is 5.45. The van der Waals surface area contributed by atoms with E-state index in [4.69, 9.17) is 4.74 Å². The molecule has 2 rings (SSSR count). The van der Waals surface area contributed by atoms with Crippen molar-refractivity contribution < 1.29 is 14.3 Å². The second kappa shape index (κ2) is 9.13. The number of nitrogens with one attached hydrogen (secondary N) is 1. The van der Waals surface area contributed by atoms with Gasteiger partial charge in [0.2, 0.25) is 5.91 Å².